The van der Waals surface area contributed by atoms with Crippen molar-refractivity contribution >= 4 is 26.9 Å². The Morgan fingerprint density at radius 1 is 1.36 bits per heavy atom. The molecule has 7 nitrogen and oxygen atoms in total. The number of nitrogens with one attached hydrogen (secondary N) is 1. The Hall–Kier alpha value is -2.63. The highest BCUT2D eigenvalue weighted by Crippen LogP contribution is 2.29. The molecule has 1 aliphatic heterocycles. The van der Waals surface area contributed by atoms with Crippen molar-refractivity contribution in [1.29, 1.82) is 0 Å². The lowest BCUT2D eigenvalue weighted by atomic mass is 10.1. The summed E-state index contributed by atoms with van der Waals surface area (Å²) in [6.45, 7) is 5.80. The van der Waals surface area contributed by atoms with Gasteiger partial charge in [-0.25, -0.2) is 13.2 Å². The van der Waals surface area contributed by atoms with Crippen LogP contribution in [0.1, 0.15) is 32.8 Å². The van der Waals surface area contributed by atoms with E-state index >= 15 is 0 Å². The highest BCUT2D eigenvalue weighted by Gasteiger charge is 2.35. The van der Waals surface area contributed by atoms with E-state index in [0.717, 1.165) is 0 Å². The van der Waals surface area contributed by atoms with Crippen LogP contribution in [0.2, 0.25) is 0 Å². The molecular weight excluding hydrogens is 378 g/mol. The van der Waals surface area contributed by atoms with E-state index in [0.29, 0.717) is 29.3 Å². The first-order chi connectivity index (χ1) is 13.1. The minimum Gasteiger partial charge on any atom is -0.444 e. The molecule has 2 heterocycles. The van der Waals surface area contributed by atoms with E-state index in [1.54, 1.807) is 45.2 Å². The number of benzene rings is 1. The molecule has 1 saturated heterocycles. The minimum absolute atomic E-state index is 0.151. The summed E-state index contributed by atoms with van der Waals surface area (Å²) >= 11 is 0. The quantitative estimate of drug-likeness (QED) is 0.799. The fourth-order valence-electron chi connectivity index (χ4n) is 3.20. The first-order valence-corrected chi connectivity index (χ1v) is 10.4. The summed E-state index contributed by atoms with van der Waals surface area (Å²) in [5.74, 6) is 2.51. The summed E-state index contributed by atoms with van der Waals surface area (Å²) in [7, 11) is -3.78. The van der Waals surface area contributed by atoms with Gasteiger partial charge in [0.25, 0.3) is 0 Å². The standard InChI is InChI=1S/C20H23N3O4S/c1-5-14-11-21-12-15-7-6-8-17(18(14)15)28(25,26)23-10-9-16(13-23)22-19(24)27-20(2,3)4/h1,6-8,11-12,16H,9-10,13H2,2-4H3,(H,22,24)/t16-/m1/s1. The van der Waals surface area contributed by atoms with Crippen LogP contribution < -0.4 is 5.32 Å². The summed E-state index contributed by atoms with van der Waals surface area (Å²) in [6.07, 6.45) is 8.58. The van der Waals surface area contributed by atoms with Crippen LogP contribution in [0, 0.1) is 12.3 Å². The maximum atomic E-state index is 13.3. The number of fused-ring (bicyclic) bond motifs is 1. The number of hydrogen-bond acceptors (Lipinski definition) is 5. The van der Waals surface area contributed by atoms with E-state index in [-0.39, 0.29) is 17.5 Å². The van der Waals surface area contributed by atoms with Crippen molar-refractivity contribution in [2.24, 2.45) is 0 Å². The molecule has 1 aromatic heterocycles. The Labute approximate surface area is 165 Å². The van der Waals surface area contributed by atoms with Gasteiger partial charge in [0.05, 0.1) is 10.5 Å². The lowest BCUT2D eigenvalue weighted by Crippen LogP contribution is -2.41. The molecular formula is C20H23N3O4S. The molecule has 8 heteroatoms. The minimum atomic E-state index is -3.78. The van der Waals surface area contributed by atoms with E-state index < -0.39 is 21.7 Å². The molecule has 1 amide bonds. The van der Waals surface area contributed by atoms with Crippen LogP contribution in [0.15, 0.2) is 35.5 Å². The summed E-state index contributed by atoms with van der Waals surface area (Å²) in [5, 5.41) is 3.89. The number of ether oxygens (including phenoxy) is 1. The second-order valence-corrected chi connectivity index (χ2v) is 9.59. The molecule has 3 rings (SSSR count). The van der Waals surface area contributed by atoms with Crippen molar-refractivity contribution in [3.05, 3.63) is 36.2 Å². The van der Waals surface area contributed by atoms with Crippen molar-refractivity contribution in [3.8, 4) is 12.3 Å². The number of amides is 1. The number of pyridine rings is 1. The summed E-state index contributed by atoms with van der Waals surface area (Å²) in [4.78, 5) is 16.2. The summed E-state index contributed by atoms with van der Waals surface area (Å²) in [5.41, 5.74) is -0.184. The predicted octanol–water partition coefficient (Wildman–Crippen LogP) is 2.50. The SMILES string of the molecule is C#Cc1cncc2cccc(S(=O)(=O)N3CC[C@@H](NC(=O)OC(C)(C)C)C3)c12. The first-order valence-electron chi connectivity index (χ1n) is 8.95. The smallest absolute Gasteiger partial charge is 0.407 e. The molecule has 0 saturated carbocycles. The van der Waals surface area contributed by atoms with E-state index in [9.17, 15) is 13.2 Å². The van der Waals surface area contributed by atoms with Gasteiger partial charge in [-0.05, 0) is 33.3 Å². The van der Waals surface area contributed by atoms with Gasteiger partial charge in [-0.1, -0.05) is 18.1 Å². The number of carbonyl (C=O) groups is 1. The highest BCUT2D eigenvalue weighted by atomic mass is 32.2. The van der Waals surface area contributed by atoms with Crippen LogP contribution >= 0.6 is 0 Å². The average Bonchev–Trinajstić information content (AvgIpc) is 3.08. The number of nitrogens with zero attached hydrogens (tertiary/aromatic N) is 2. The largest absolute Gasteiger partial charge is 0.444 e. The van der Waals surface area contributed by atoms with E-state index in [1.165, 1.54) is 10.5 Å². The van der Waals surface area contributed by atoms with Crippen molar-refractivity contribution < 1.29 is 17.9 Å². The number of alkyl carbamates (subject to hydrolysis) is 1. The Kier molecular flexibility index (Phi) is 5.33. The first kappa shape index (κ1) is 20.1. The molecule has 2 aromatic rings. The molecule has 1 atom stereocenters. The molecule has 1 aliphatic rings. The molecule has 0 unspecified atom stereocenters. The zero-order valence-electron chi connectivity index (χ0n) is 16.1. The van der Waals surface area contributed by atoms with Crippen LogP contribution in [-0.4, -0.2) is 48.5 Å². The predicted molar refractivity (Wildman–Crippen MR) is 106 cm³/mol. The van der Waals surface area contributed by atoms with Gasteiger partial charge in [0.2, 0.25) is 10.0 Å². The Bertz CT molecular complexity index is 1050. The lowest BCUT2D eigenvalue weighted by Gasteiger charge is -2.22. The molecule has 0 bridgehead atoms. The fourth-order valence-corrected chi connectivity index (χ4v) is 4.94. The van der Waals surface area contributed by atoms with Crippen LogP contribution in [-0.2, 0) is 14.8 Å². The van der Waals surface area contributed by atoms with Crippen LogP contribution in [0.25, 0.3) is 10.8 Å². The number of carbonyl (C=O) groups excluding carboxylic acids is 1. The monoisotopic (exact) mass is 401 g/mol. The number of hydrogen-bond donors (Lipinski definition) is 1. The molecule has 0 radical (unpaired) electrons. The van der Waals surface area contributed by atoms with Crippen LogP contribution in [0.5, 0.6) is 0 Å². The average molecular weight is 401 g/mol. The molecule has 1 N–H and O–H groups in total. The van der Waals surface area contributed by atoms with Gasteiger partial charge < -0.3 is 10.1 Å². The third-order valence-corrected chi connectivity index (χ3v) is 6.30. The van der Waals surface area contributed by atoms with Gasteiger partial charge in [0.15, 0.2) is 0 Å². The van der Waals surface area contributed by atoms with Crippen molar-refractivity contribution in [3.63, 3.8) is 0 Å². The second-order valence-electron chi connectivity index (χ2n) is 7.68. The maximum absolute atomic E-state index is 13.3. The third-order valence-electron chi connectivity index (χ3n) is 4.39. The van der Waals surface area contributed by atoms with Crippen molar-refractivity contribution in [2.75, 3.05) is 13.1 Å². The summed E-state index contributed by atoms with van der Waals surface area (Å²) < 4.78 is 33.2. The van der Waals surface area contributed by atoms with E-state index in [1.807, 2.05) is 0 Å². The Morgan fingerprint density at radius 2 is 2.11 bits per heavy atom. The molecule has 148 valence electrons. The van der Waals surface area contributed by atoms with Crippen LogP contribution in [0.3, 0.4) is 0 Å². The lowest BCUT2D eigenvalue weighted by molar-refractivity contribution is 0.0507. The van der Waals surface area contributed by atoms with Gasteiger partial charge in [-0.3, -0.25) is 4.98 Å². The molecule has 0 spiro atoms. The number of terminal acetylenes is 1. The number of sulfonamides is 1. The fraction of sp³-hybridized carbons (Fsp3) is 0.400. The van der Waals surface area contributed by atoms with Gasteiger partial charge in [-0.2, -0.15) is 4.31 Å². The molecule has 1 fully saturated rings. The van der Waals surface area contributed by atoms with Gasteiger partial charge in [-0.15, -0.1) is 6.42 Å². The number of rotatable bonds is 3. The zero-order valence-corrected chi connectivity index (χ0v) is 16.9. The van der Waals surface area contributed by atoms with Gasteiger partial charge in [0.1, 0.15) is 5.60 Å². The van der Waals surface area contributed by atoms with E-state index in [2.05, 4.69) is 16.2 Å². The normalized spacial score (nSPS) is 18.0. The van der Waals surface area contributed by atoms with Crippen molar-refractivity contribution in [1.82, 2.24) is 14.6 Å². The summed E-state index contributed by atoms with van der Waals surface area (Å²) in [6, 6.07) is 4.68. The topological polar surface area (TPSA) is 88.6 Å². The Balaban J connectivity index is 1.85. The molecule has 0 aliphatic carbocycles. The van der Waals surface area contributed by atoms with Crippen LogP contribution in [0.4, 0.5) is 4.79 Å². The second kappa shape index (κ2) is 7.41. The highest BCUT2D eigenvalue weighted by molar-refractivity contribution is 7.89. The molecule has 28 heavy (non-hydrogen) atoms. The van der Waals surface area contributed by atoms with Crippen molar-refractivity contribution in [2.45, 2.75) is 43.7 Å². The Morgan fingerprint density at radius 3 is 2.79 bits per heavy atom. The van der Waals surface area contributed by atoms with Gasteiger partial charge >= 0.3 is 6.09 Å². The number of aromatic nitrogens is 1. The van der Waals surface area contributed by atoms with Gasteiger partial charge in [0, 0.05) is 42.3 Å². The molecule has 1 aromatic carbocycles. The maximum Gasteiger partial charge on any atom is 0.407 e. The van der Waals surface area contributed by atoms with E-state index in [4.69, 9.17) is 11.2 Å². The third kappa shape index (κ3) is 4.11. The zero-order chi connectivity index (χ0) is 20.5.